The van der Waals surface area contributed by atoms with Gasteiger partial charge in [-0.05, 0) is 31.2 Å². The maximum Gasteiger partial charge on any atom is 0.256 e. The van der Waals surface area contributed by atoms with E-state index in [0.29, 0.717) is 11.0 Å². The first-order chi connectivity index (χ1) is 11.6. The average molecular weight is 403 g/mol. The molecule has 0 radical (unpaired) electrons. The number of aromatic nitrogens is 1. The predicted molar refractivity (Wildman–Crippen MR) is 100 cm³/mol. The molecular weight excluding hydrogens is 388 g/mol. The fraction of sp³-hybridized carbons (Fsp3) is 0.111. The number of para-hydroxylation sites is 1. The van der Waals surface area contributed by atoms with Gasteiger partial charge in [-0.25, -0.2) is 4.98 Å². The second kappa shape index (κ2) is 7.68. The summed E-state index contributed by atoms with van der Waals surface area (Å²) in [6.07, 6.45) is 1.67. The molecule has 0 saturated heterocycles. The number of halogens is 1. The Labute approximate surface area is 152 Å². The van der Waals surface area contributed by atoms with Crippen LogP contribution in [0, 0.1) is 0 Å². The van der Waals surface area contributed by atoms with Gasteiger partial charge in [-0.2, -0.15) is 0 Å². The van der Waals surface area contributed by atoms with Crippen LogP contribution in [0.1, 0.15) is 6.92 Å². The lowest BCUT2D eigenvalue weighted by Crippen LogP contribution is -2.22. The summed E-state index contributed by atoms with van der Waals surface area (Å²) >= 11 is 4.73. The van der Waals surface area contributed by atoms with Gasteiger partial charge in [-0.15, -0.1) is 0 Å². The van der Waals surface area contributed by atoms with Gasteiger partial charge in [0.1, 0.15) is 0 Å². The van der Waals surface area contributed by atoms with Gasteiger partial charge in [0.05, 0.1) is 11.4 Å². The number of benzene rings is 2. The van der Waals surface area contributed by atoms with Crippen LogP contribution in [0.2, 0.25) is 0 Å². The van der Waals surface area contributed by atoms with Crippen molar-refractivity contribution in [1.29, 1.82) is 0 Å². The molecule has 3 rings (SSSR count). The molecule has 1 N–H and O–H groups in total. The zero-order valence-corrected chi connectivity index (χ0v) is 15.3. The molecule has 122 valence electrons. The number of carbonyl (C=O) groups is 1. The van der Waals surface area contributed by atoms with Crippen molar-refractivity contribution in [3.63, 3.8) is 0 Å². The number of anilines is 1. The third-order valence-electron chi connectivity index (χ3n) is 3.28. The highest BCUT2D eigenvalue weighted by Gasteiger charge is 2.18. The monoisotopic (exact) mass is 402 g/mol. The Hall–Kier alpha value is -2.05. The number of nitrogens with one attached hydrogen (secondary N) is 1. The van der Waals surface area contributed by atoms with E-state index in [-0.39, 0.29) is 11.2 Å². The second-order valence-corrected chi connectivity index (χ2v) is 7.32. The molecule has 0 fully saturated rings. The van der Waals surface area contributed by atoms with Crippen LogP contribution in [-0.4, -0.2) is 16.1 Å². The van der Waals surface area contributed by atoms with E-state index >= 15 is 0 Å². The van der Waals surface area contributed by atoms with Crippen LogP contribution < -0.4 is 5.32 Å². The van der Waals surface area contributed by atoms with E-state index in [2.05, 4.69) is 26.2 Å². The number of rotatable bonds is 5. The van der Waals surface area contributed by atoms with E-state index < -0.39 is 0 Å². The zero-order chi connectivity index (χ0) is 16.9. The van der Waals surface area contributed by atoms with Crippen LogP contribution in [0.4, 0.5) is 5.69 Å². The molecule has 6 heteroatoms. The molecule has 1 heterocycles. The van der Waals surface area contributed by atoms with E-state index in [1.54, 1.807) is 6.20 Å². The molecule has 2 aromatic carbocycles. The summed E-state index contributed by atoms with van der Waals surface area (Å²) < 4.78 is 6.72. The summed E-state index contributed by atoms with van der Waals surface area (Å²) in [5.41, 5.74) is 1.71. The number of hydrogen-bond acceptors (Lipinski definition) is 4. The largest absolute Gasteiger partial charge is 0.431 e. The fourth-order valence-corrected chi connectivity index (χ4v) is 3.18. The van der Waals surface area contributed by atoms with Gasteiger partial charge >= 0.3 is 0 Å². The van der Waals surface area contributed by atoms with Crippen molar-refractivity contribution >= 4 is 39.3 Å². The maximum atomic E-state index is 12.2. The summed E-state index contributed by atoms with van der Waals surface area (Å²) in [5, 5.41) is 3.03. The van der Waals surface area contributed by atoms with Crippen molar-refractivity contribution in [1.82, 2.24) is 4.98 Å². The summed E-state index contributed by atoms with van der Waals surface area (Å²) in [7, 11) is 0. The van der Waals surface area contributed by atoms with Gasteiger partial charge in [0, 0.05) is 15.7 Å². The smallest absolute Gasteiger partial charge is 0.256 e. The molecule has 0 spiro atoms. The van der Waals surface area contributed by atoms with Gasteiger partial charge in [-0.1, -0.05) is 58.0 Å². The van der Waals surface area contributed by atoms with Crippen LogP contribution >= 0.6 is 27.7 Å². The van der Waals surface area contributed by atoms with Crippen LogP contribution in [0.25, 0.3) is 11.3 Å². The summed E-state index contributed by atoms with van der Waals surface area (Å²) in [4.78, 5) is 16.5. The topological polar surface area (TPSA) is 55.1 Å². The Morgan fingerprint density at radius 2 is 2.00 bits per heavy atom. The van der Waals surface area contributed by atoms with Gasteiger partial charge in [0.15, 0.2) is 5.76 Å². The Morgan fingerprint density at radius 3 is 2.75 bits per heavy atom. The lowest BCUT2D eigenvalue weighted by atomic mass is 10.2. The van der Waals surface area contributed by atoms with Crippen molar-refractivity contribution in [2.45, 2.75) is 17.4 Å². The predicted octanol–water partition coefficient (Wildman–Crippen LogP) is 5.22. The van der Waals surface area contributed by atoms with Crippen LogP contribution in [-0.2, 0) is 4.79 Å². The van der Waals surface area contributed by atoms with Crippen molar-refractivity contribution in [3.05, 3.63) is 65.3 Å². The van der Waals surface area contributed by atoms with Crippen molar-refractivity contribution < 1.29 is 9.21 Å². The molecule has 0 aliphatic carbocycles. The molecule has 1 amide bonds. The maximum absolute atomic E-state index is 12.2. The Kier molecular flexibility index (Phi) is 5.37. The Bertz CT molecular complexity index is 836. The minimum absolute atomic E-state index is 0.0894. The van der Waals surface area contributed by atoms with Gasteiger partial charge in [0.25, 0.3) is 5.22 Å². The molecule has 0 bridgehead atoms. The third kappa shape index (κ3) is 4.27. The van der Waals surface area contributed by atoms with Crippen LogP contribution in [0.15, 0.2) is 74.9 Å². The van der Waals surface area contributed by atoms with E-state index in [1.165, 1.54) is 11.8 Å². The second-order valence-electron chi connectivity index (χ2n) is 5.12. The number of nitrogens with zero attached hydrogens (tertiary/aromatic N) is 1. The third-order valence-corrected chi connectivity index (χ3v) is 4.73. The Balaban J connectivity index is 1.65. The summed E-state index contributed by atoms with van der Waals surface area (Å²) in [6.45, 7) is 1.83. The van der Waals surface area contributed by atoms with Gasteiger partial charge in [0.2, 0.25) is 5.91 Å². The standard InChI is InChI=1S/C18H15BrN2O2S/c1-12(17(22)21-15-8-3-2-4-9-15)24-18-20-11-16(23-18)13-6-5-7-14(19)10-13/h2-12H,1H3,(H,21,22)/t12-/m1/s1. The first-order valence-electron chi connectivity index (χ1n) is 7.36. The quantitative estimate of drug-likeness (QED) is 0.594. The van der Waals surface area contributed by atoms with E-state index in [0.717, 1.165) is 15.7 Å². The highest BCUT2D eigenvalue weighted by Crippen LogP contribution is 2.29. The number of carbonyl (C=O) groups excluding carboxylic acids is 1. The molecule has 0 aliphatic heterocycles. The number of oxazole rings is 1. The molecule has 3 aromatic rings. The summed E-state index contributed by atoms with van der Waals surface area (Å²) in [5.74, 6) is 0.586. The van der Waals surface area contributed by atoms with E-state index in [1.807, 2.05) is 61.5 Å². The molecule has 4 nitrogen and oxygen atoms in total. The molecule has 24 heavy (non-hydrogen) atoms. The molecule has 0 aliphatic rings. The van der Waals surface area contributed by atoms with Crippen molar-refractivity contribution in [3.8, 4) is 11.3 Å². The normalized spacial score (nSPS) is 11.9. The van der Waals surface area contributed by atoms with Gasteiger partial charge < -0.3 is 9.73 Å². The fourth-order valence-electron chi connectivity index (χ4n) is 2.06. The molecule has 0 unspecified atom stereocenters. The van der Waals surface area contributed by atoms with Crippen LogP contribution in [0.3, 0.4) is 0 Å². The highest BCUT2D eigenvalue weighted by molar-refractivity contribution is 9.10. The van der Waals surface area contributed by atoms with Crippen LogP contribution in [0.5, 0.6) is 0 Å². The molecule has 1 aromatic heterocycles. The molecular formula is C18H15BrN2O2S. The molecule has 1 atom stereocenters. The molecule has 0 saturated carbocycles. The SMILES string of the molecule is C[C@@H](Sc1ncc(-c2cccc(Br)c2)o1)C(=O)Nc1ccccc1. The first-order valence-corrected chi connectivity index (χ1v) is 9.03. The Morgan fingerprint density at radius 1 is 1.21 bits per heavy atom. The van der Waals surface area contributed by atoms with Crippen molar-refractivity contribution in [2.24, 2.45) is 0 Å². The highest BCUT2D eigenvalue weighted by atomic mass is 79.9. The average Bonchev–Trinajstić information content (AvgIpc) is 3.04. The number of hydrogen-bond donors (Lipinski definition) is 1. The minimum Gasteiger partial charge on any atom is -0.431 e. The number of thioether (sulfide) groups is 1. The summed E-state index contributed by atoms with van der Waals surface area (Å²) in [6, 6.07) is 17.2. The van der Waals surface area contributed by atoms with E-state index in [4.69, 9.17) is 4.42 Å². The van der Waals surface area contributed by atoms with Gasteiger partial charge in [-0.3, -0.25) is 4.79 Å². The zero-order valence-electron chi connectivity index (χ0n) is 12.9. The van der Waals surface area contributed by atoms with Crippen molar-refractivity contribution in [2.75, 3.05) is 5.32 Å². The first kappa shape index (κ1) is 16.8. The van der Waals surface area contributed by atoms with E-state index in [9.17, 15) is 4.79 Å². The lowest BCUT2D eigenvalue weighted by Gasteiger charge is -2.09. The lowest BCUT2D eigenvalue weighted by molar-refractivity contribution is -0.115. The number of amides is 1. The minimum atomic E-state index is -0.320.